The van der Waals surface area contributed by atoms with Crippen molar-refractivity contribution >= 4 is 39.1 Å². The summed E-state index contributed by atoms with van der Waals surface area (Å²) in [6, 6.07) is 2.16. The number of piperidine rings is 1. The van der Waals surface area contributed by atoms with E-state index in [0.717, 1.165) is 37.3 Å². The molecule has 0 bridgehead atoms. The summed E-state index contributed by atoms with van der Waals surface area (Å²) in [4.78, 5) is 14.4. The van der Waals surface area contributed by atoms with E-state index >= 15 is 0 Å². The number of hydrogen-bond donors (Lipinski definition) is 1. The molecule has 1 aromatic heterocycles. The molecule has 0 radical (unpaired) electrons. The van der Waals surface area contributed by atoms with Gasteiger partial charge < -0.3 is 4.74 Å². The summed E-state index contributed by atoms with van der Waals surface area (Å²) in [7, 11) is -2.44. The zero-order valence-corrected chi connectivity index (χ0v) is 16.7. The van der Waals surface area contributed by atoms with Gasteiger partial charge in [0.05, 0.1) is 7.11 Å². The number of carbonyl (C=O) groups excluding carboxylic acids is 1. The van der Waals surface area contributed by atoms with E-state index in [-0.39, 0.29) is 9.77 Å². The predicted molar refractivity (Wildman–Crippen MR) is 101 cm³/mol. The largest absolute Gasteiger partial charge is 0.465 e. The molecule has 140 valence electrons. The van der Waals surface area contributed by atoms with E-state index in [1.165, 1.54) is 31.1 Å². The molecule has 0 aromatic carbocycles. The number of nitrogens with one attached hydrogen (secondary N) is 1. The molecule has 9 heteroatoms. The average Bonchev–Trinajstić information content (AvgIpc) is 3.31. The van der Waals surface area contributed by atoms with Crippen molar-refractivity contribution in [1.82, 2.24) is 9.62 Å². The number of esters is 1. The number of methoxy groups -OCH3 is 1. The van der Waals surface area contributed by atoms with Crippen molar-refractivity contribution in [2.24, 2.45) is 5.92 Å². The van der Waals surface area contributed by atoms with Crippen molar-refractivity contribution in [3.63, 3.8) is 0 Å². The Morgan fingerprint density at radius 1 is 1.36 bits per heavy atom. The van der Waals surface area contributed by atoms with Gasteiger partial charge in [0, 0.05) is 18.3 Å². The monoisotopic (exact) mass is 404 g/mol. The highest BCUT2D eigenvalue weighted by atomic mass is 32.2. The van der Waals surface area contributed by atoms with E-state index in [2.05, 4.69) is 14.4 Å². The van der Waals surface area contributed by atoms with Gasteiger partial charge in [-0.05, 0) is 55.5 Å². The smallest absolute Gasteiger partial charge is 0.349 e. The third-order valence-electron chi connectivity index (χ3n) is 4.92. The molecule has 3 rings (SSSR count). The fraction of sp³-hybridized carbons (Fsp3) is 0.688. The minimum absolute atomic E-state index is 0.0183. The second-order valence-corrected chi connectivity index (χ2v) is 10.3. The number of sulfonamides is 1. The molecule has 3 heterocycles. The van der Waals surface area contributed by atoms with Crippen molar-refractivity contribution in [2.75, 3.05) is 38.2 Å². The summed E-state index contributed by atoms with van der Waals surface area (Å²) < 4.78 is 32.4. The average molecular weight is 405 g/mol. The lowest BCUT2D eigenvalue weighted by atomic mass is 9.96. The minimum Gasteiger partial charge on any atom is -0.465 e. The molecule has 0 saturated carbocycles. The van der Waals surface area contributed by atoms with Crippen LogP contribution in [0.5, 0.6) is 0 Å². The number of nitrogens with zero attached hydrogens (tertiary/aromatic N) is 1. The maximum absolute atomic E-state index is 12.5. The van der Waals surface area contributed by atoms with Crippen LogP contribution < -0.4 is 4.72 Å². The van der Waals surface area contributed by atoms with E-state index in [1.54, 1.807) is 5.38 Å². The molecule has 2 aliphatic heterocycles. The molecular weight excluding hydrogens is 380 g/mol. The Hall–Kier alpha value is -0.610. The normalized spacial score (nSPS) is 23.0. The first-order chi connectivity index (χ1) is 12.0. The van der Waals surface area contributed by atoms with Crippen LogP contribution in [0, 0.1) is 5.92 Å². The fourth-order valence-corrected chi connectivity index (χ4v) is 7.09. The lowest BCUT2D eigenvalue weighted by Crippen LogP contribution is -2.43. The minimum atomic E-state index is -3.69. The van der Waals surface area contributed by atoms with Crippen molar-refractivity contribution in [3.8, 4) is 0 Å². The van der Waals surface area contributed by atoms with Gasteiger partial charge >= 0.3 is 5.97 Å². The van der Waals surface area contributed by atoms with Crippen LogP contribution in [0.4, 0.5) is 0 Å². The molecule has 0 unspecified atom stereocenters. The molecule has 0 spiro atoms. The van der Waals surface area contributed by atoms with Crippen LogP contribution in [-0.4, -0.2) is 63.6 Å². The topological polar surface area (TPSA) is 75.7 Å². The maximum atomic E-state index is 12.5. The SMILES string of the molecule is COC(=O)c1sccc1S(=O)(=O)NCC1CCN([C@H]2CCSC2)CC1. The zero-order valence-electron chi connectivity index (χ0n) is 14.3. The first-order valence-corrected chi connectivity index (χ1v) is 12.0. The molecule has 6 nitrogen and oxygen atoms in total. The highest BCUT2D eigenvalue weighted by Crippen LogP contribution is 2.27. The second kappa shape index (κ2) is 8.39. The third-order valence-corrected chi connectivity index (χ3v) is 8.56. The van der Waals surface area contributed by atoms with E-state index in [4.69, 9.17) is 0 Å². The highest BCUT2D eigenvalue weighted by Gasteiger charge is 2.29. The maximum Gasteiger partial charge on any atom is 0.349 e. The van der Waals surface area contributed by atoms with Gasteiger partial charge in [-0.3, -0.25) is 4.90 Å². The number of carbonyl (C=O) groups is 1. The summed E-state index contributed by atoms with van der Waals surface area (Å²) in [5, 5.41) is 1.60. The van der Waals surface area contributed by atoms with Gasteiger partial charge in [0.1, 0.15) is 9.77 Å². The van der Waals surface area contributed by atoms with Gasteiger partial charge in [0.15, 0.2) is 0 Å². The molecule has 1 atom stereocenters. The van der Waals surface area contributed by atoms with E-state index in [9.17, 15) is 13.2 Å². The molecular formula is C16H24N2O4S3. The molecule has 2 aliphatic rings. The van der Waals surface area contributed by atoms with Gasteiger partial charge in [-0.15, -0.1) is 11.3 Å². The lowest BCUT2D eigenvalue weighted by molar-refractivity contribution is 0.0602. The predicted octanol–water partition coefficient (Wildman–Crippen LogP) is 2.03. The number of hydrogen-bond acceptors (Lipinski definition) is 7. The Morgan fingerprint density at radius 2 is 2.12 bits per heavy atom. The van der Waals surface area contributed by atoms with E-state index in [1.807, 2.05) is 11.8 Å². The Kier molecular flexibility index (Phi) is 6.43. The molecule has 2 saturated heterocycles. The zero-order chi connectivity index (χ0) is 17.9. The Balaban J connectivity index is 1.53. The summed E-state index contributed by atoms with van der Waals surface area (Å²) in [5.74, 6) is 2.22. The first-order valence-electron chi connectivity index (χ1n) is 8.48. The quantitative estimate of drug-likeness (QED) is 0.731. The summed E-state index contributed by atoms with van der Waals surface area (Å²) >= 11 is 3.11. The van der Waals surface area contributed by atoms with Crippen molar-refractivity contribution in [2.45, 2.75) is 30.2 Å². The van der Waals surface area contributed by atoms with Crippen LogP contribution in [0.1, 0.15) is 28.9 Å². The molecule has 0 amide bonds. The fourth-order valence-electron chi connectivity index (χ4n) is 3.39. The lowest BCUT2D eigenvalue weighted by Gasteiger charge is -2.35. The van der Waals surface area contributed by atoms with Crippen LogP contribution in [0.2, 0.25) is 0 Å². The van der Waals surface area contributed by atoms with Crippen molar-refractivity contribution in [1.29, 1.82) is 0 Å². The first kappa shape index (κ1) is 19.2. The molecule has 0 aliphatic carbocycles. The summed E-state index contributed by atoms with van der Waals surface area (Å²) in [6.07, 6.45) is 3.30. The Labute approximate surface area is 157 Å². The standard InChI is InChI=1S/C16H24N2O4S3/c1-22-16(19)15-14(5-9-24-15)25(20,21)17-10-12-2-6-18(7-3-12)13-4-8-23-11-13/h5,9,12-13,17H,2-4,6-8,10-11H2,1H3/t13-/m0/s1. The van der Waals surface area contributed by atoms with Crippen LogP contribution in [0.25, 0.3) is 0 Å². The Bertz CT molecular complexity index is 690. The number of ether oxygens (including phenoxy) is 1. The summed E-state index contributed by atoms with van der Waals surface area (Å²) in [6.45, 7) is 2.51. The Morgan fingerprint density at radius 3 is 2.76 bits per heavy atom. The number of rotatable bonds is 6. The van der Waals surface area contributed by atoms with E-state index in [0.29, 0.717) is 18.5 Å². The van der Waals surface area contributed by atoms with Gasteiger partial charge in [-0.2, -0.15) is 11.8 Å². The molecule has 1 aromatic rings. The van der Waals surface area contributed by atoms with Crippen LogP contribution in [0.3, 0.4) is 0 Å². The molecule has 2 fully saturated rings. The van der Waals surface area contributed by atoms with Gasteiger partial charge in [-0.25, -0.2) is 17.9 Å². The van der Waals surface area contributed by atoms with Gasteiger partial charge in [0.2, 0.25) is 10.0 Å². The molecule has 25 heavy (non-hydrogen) atoms. The number of thioether (sulfide) groups is 1. The van der Waals surface area contributed by atoms with Crippen LogP contribution >= 0.6 is 23.1 Å². The highest BCUT2D eigenvalue weighted by molar-refractivity contribution is 7.99. The van der Waals surface area contributed by atoms with Crippen LogP contribution in [0.15, 0.2) is 16.3 Å². The third kappa shape index (κ3) is 4.57. The van der Waals surface area contributed by atoms with Crippen molar-refractivity contribution in [3.05, 3.63) is 16.3 Å². The van der Waals surface area contributed by atoms with Crippen LogP contribution in [-0.2, 0) is 14.8 Å². The van der Waals surface area contributed by atoms with Gasteiger partial charge in [0.25, 0.3) is 0 Å². The van der Waals surface area contributed by atoms with Crippen molar-refractivity contribution < 1.29 is 17.9 Å². The van der Waals surface area contributed by atoms with E-state index < -0.39 is 16.0 Å². The second-order valence-electron chi connectivity index (χ2n) is 6.45. The van der Waals surface area contributed by atoms with Gasteiger partial charge in [-0.1, -0.05) is 0 Å². The summed E-state index contributed by atoms with van der Waals surface area (Å²) in [5.41, 5.74) is 0. The number of likely N-dealkylation sites (tertiary alicyclic amines) is 1. The number of thiophene rings is 1. The molecule has 1 N–H and O–H groups in total.